The lowest BCUT2D eigenvalue weighted by Crippen LogP contribution is -2.16. The summed E-state index contributed by atoms with van der Waals surface area (Å²) in [6, 6.07) is 12.9. The first-order valence-electron chi connectivity index (χ1n) is 7.87. The van der Waals surface area contributed by atoms with Gasteiger partial charge in [-0.25, -0.2) is 14.4 Å². The molecule has 0 atom stereocenters. The van der Waals surface area contributed by atoms with Gasteiger partial charge in [0.15, 0.2) is 0 Å². The Morgan fingerprint density at radius 3 is 2.54 bits per heavy atom. The van der Waals surface area contributed by atoms with E-state index in [9.17, 15) is 9.18 Å². The van der Waals surface area contributed by atoms with Gasteiger partial charge in [0.05, 0.1) is 5.69 Å². The van der Waals surface area contributed by atoms with E-state index in [1.54, 1.807) is 25.1 Å². The molecule has 1 amide bonds. The molecule has 0 unspecified atom stereocenters. The van der Waals surface area contributed by atoms with Gasteiger partial charge in [-0.1, -0.05) is 23.7 Å². The predicted molar refractivity (Wildman–Crippen MR) is 101 cm³/mol. The van der Waals surface area contributed by atoms with Crippen LogP contribution in [-0.2, 0) is 0 Å². The Morgan fingerprint density at radius 2 is 1.81 bits per heavy atom. The highest BCUT2D eigenvalue weighted by Gasteiger charge is 2.13. The van der Waals surface area contributed by atoms with Crippen molar-refractivity contribution in [3.63, 3.8) is 0 Å². The van der Waals surface area contributed by atoms with E-state index >= 15 is 0 Å². The Kier molecular flexibility index (Phi) is 5.14. The zero-order chi connectivity index (χ0) is 18.7. The minimum Gasteiger partial charge on any atom is -0.340 e. The first-order valence-corrected chi connectivity index (χ1v) is 8.25. The number of rotatable bonds is 4. The lowest BCUT2D eigenvalue weighted by Gasteiger charge is -2.11. The molecule has 5 nitrogen and oxygen atoms in total. The Balaban J connectivity index is 1.85. The summed E-state index contributed by atoms with van der Waals surface area (Å²) in [5, 5.41) is 6.30. The second kappa shape index (κ2) is 7.49. The smallest absolute Gasteiger partial charge is 0.274 e. The van der Waals surface area contributed by atoms with E-state index in [2.05, 4.69) is 20.6 Å². The van der Waals surface area contributed by atoms with Crippen LogP contribution in [0.1, 0.15) is 21.9 Å². The monoisotopic (exact) mass is 370 g/mol. The molecule has 1 heterocycles. The fraction of sp³-hybridized carbons (Fsp3) is 0.105. The number of para-hydroxylation sites is 1. The number of anilines is 3. The van der Waals surface area contributed by atoms with Gasteiger partial charge >= 0.3 is 0 Å². The number of hydrogen-bond acceptors (Lipinski definition) is 4. The Hall–Kier alpha value is -2.99. The summed E-state index contributed by atoms with van der Waals surface area (Å²) in [5.41, 5.74) is 1.98. The molecule has 0 fully saturated rings. The number of amides is 1. The van der Waals surface area contributed by atoms with Crippen LogP contribution in [-0.4, -0.2) is 15.9 Å². The Labute approximate surface area is 155 Å². The van der Waals surface area contributed by atoms with Gasteiger partial charge in [-0.05, 0) is 49.7 Å². The van der Waals surface area contributed by atoms with Gasteiger partial charge in [0, 0.05) is 16.8 Å². The third kappa shape index (κ3) is 4.15. The lowest BCUT2D eigenvalue weighted by atomic mass is 10.2. The highest BCUT2D eigenvalue weighted by molar-refractivity contribution is 6.30. The number of carbonyl (C=O) groups is 1. The Bertz CT molecular complexity index is 978. The van der Waals surface area contributed by atoms with Crippen LogP contribution >= 0.6 is 11.6 Å². The molecule has 1 aromatic heterocycles. The summed E-state index contributed by atoms with van der Waals surface area (Å²) in [5.74, 6) is -0.153. The molecule has 132 valence electrons. The first-order chi connectivity index (χ1) is 12.4. The highest BCUT2D eigenvalue weighted by atomic mass is 35.5. The van der Waals surface area contributed by atoms with E-state index in [-0.39, 0.29) is 11.4 Å². The van der Waals surface area contributed by atoms with Gasteiger partial charge in [0.2, 0.25) is 0 Å². The van der Waals surface area contributed by atoms with Crippen molar-refractivity contribution in [3.8, 4) is 0 Å². The molecule has 0 radical (unpaired) electrons. The summed E-state index contributed by atoms with van der Waals surface area (Å²) in [6.07, 6.45) is 0. The van der Waals surface area contributed by atoms with E-state index in [0.29, 0.717) is 16.7 Å². The lowest BCUT2D eigenvalue weighted by molar-refractivity contribution is 0.102. The maximum atomic E-state index is 13.7. The fourth-order valence-electron chi connectivity index (χ4n) is 2.40. The van der Waals surface area contributed by atoms with Crippen molar-refractivity contribution in [2.24, 2.45) is 0 Å². The number of aromatic nitrogens is 2. The van der Waals surface area contributed by atoms with Crippen molar-refractivity contribution in [1.82, 2.24) is 9.97 Å². The molecule has 0 spiro atoms. The first kappa shape index (κ1) is 17.8. The summed E-state index contributed by atoms with van der Waals surface area (Å²) in [6.45, 7) is 3.59. The molecular weight excluding hydrogens is 355 g/mol. The average Bonchev–Trinajstić information content (AvgIpc) is 2.59. The number of carbonyl (C=O) groups excluding carboxylic acids is 1. The number of nitrogens with zero attached hydrogens (tertiary/aromatic N) is 2. The molecule has 0 saturated carbocycles. The zero-order valence-corrected chi connectivity index (χ0v) is 14.9. The standard InChI is InChI=1S/C19H16ClFN4O/c1-11-9-13(20)7-8-15(11)24-18-10-17(22-12(2)23-18)19(26)25-16-6-4-3-5-14(16)21/h3-10H,1-2H3,(H,25,26)(H,22,23,24). The third-order valence-corrected chi connectivity index (χ3v) is 3.88. The summed E-state index contributed by atoms with van der Waals surface area (Å²) in [7, 11) is 0. The number of nitrogens with one attached hydrogen (secondary N) is 2. The van der Waals surface area contributed by atoms with Gasteiger partial charge in [0.1, 0.15) is 23.2 Å². The molecule has 0 aliphatic rings. The highest BCUT2D eigenvalue weighted by Crippen LogP contribution is 2.23. The number of hydrogen-bond donors (Lipinski definition) is 2. The normalized spacial score (nSPS) is 10.5. The van der Waals surface area contributed by atoms with Crippen molar-refractivity contribution in [3.05, 3.63) is 76.5 Å². The van der Waals surface area contributed by atoms with Crippen LogP contribution in [0.5, 0.6) is 0 Å². The van der Waals surface area contributed by atoms with Gasteiger partial charge in [-0.2, -0.15) is 0 Å². The second-order valence-electron chi connectivity index (χ2n) is 5.70. The molecule has 0 aliphatic carbocycles. The molecule has 2 aromatic carbocycles. The average molecular weight is 371 g/mol. The molecule has 0 saturated heterocycles. The number of aryl methyl sites for hydroxylation is 2. The van der Waals surface area contributed by atoms with E-state index < -0.39 is 11.7 Å². The topological polar surface area (TPSA) is 66.9 Å². The molecule has 3 rings (SSSR count). The Morgan fingerprint density at radius 1 is 1.04 bits per heavy atom. The van der Waals surface area contributed by atoms with Gasteiger partial charge in [0.25, 0.3) is 5.91 Å². The minimum absolute atomic E-state index is 0.0943. The fourth-order valence-corrected chi connectivity index (χ4v) is 2.63. The minimum atomic E-state index is -0.517. The second-order valence-corrected chi connectivity index (χ2v) is 6.14. The summed E-state index contributed by atoms with van der Waals surface area (Å²) < 4.78 is 13.7. The van der Waals surface area contributed by atoms with Crippen LogP contribution in [0.4, 0.5) is 21.6 Å². The van der Waals surface area contributed by atoms with Crippen LogP contribution in [0.25, 0.3) is 0 Å². The molecular formula is C19H16ClFN4O. The van der Waals surface area contributed by atoms with Crippen molar-refractivity contribution >= 4 is 34.7 Å². The van der Waals surface area contributed by atoms with Crippen molar-refractivity contribution in [2.75, 3.05) is 10.6 Å². The van der Waals surface area contributed by atoms with Crippen molar-refractivity contribution in [1.29, 1.82) is 0 Å². The maximum Gasteiger partial charge on any atom is 0.274 e. The molecule has 3 aromatic rings. The van der Waals surface area contributed by atoms with E-state index in [1.165, 1.54) is 18.2 Å². The quantitative estimate of drug-likeness (QED) is 0.686. The van der Waals surface area contributed by atoms with Crippen LogP contribution in [0.15, 0.2) is 48.5 Å². The largest absolute Gasteiger partial charge is 0.340 e. The molecule has 0 bridgehead atoms. The SMILES string of the molecule is Cc1nc(Nc2ccc(Cl)cc2C)cc(C(=O)Nc2ccccc2F)n1. The van der Waals surface area contributed by atoms with Crippen LogP contribution < -0.4 is 10.6 Å². The third-order valence-electron chi connectivity index (χ3n) is 3.64. The van der Waals surface area contributed by atoms with Gasteiger partial charge in [-0.3, -0.25) is 4.79 Å². The summed E-state index contributed by atoms with van der Waals surface area (Å²) >= 11 is 5.96. The van der Waals surface area contributed by atoms with Gasteiger partial charge in [-0.15, -0.1) is 0 Å². The van der Waals surface area contributed by atoms with E-state index in [4.69, 9.17) is 11.6 Å². The molecule has 7 heteroatoms. The molecule has 2 N–H and O–H groups in total. The van der Waals surface area contributed by atoms with Crippen molar-refractivity contribution < 1.29 is 9.18 Å². The van der Waals surface area contributed by atoms with Gasteiger partial charge < -0.3 is 10.6 Å². The van der Waals surface area contributed by atoms with E-state index in [0.717, 1.165) is 11.3 Å². The van der Waals surface area contributed by atoms with Crippen LogP contribution in [0.2, 0.25) is 5.02 Å². The predicted octanol–water partition coefficient (Wildman–Crippen LogP) is 4.88. The van der Waals surface area contributed by atoms with Crippen LogP contribution in [0, 0.1) is 19.7 Å². The van der Waals surface area contributed by atoms with E-state index in [1.807, 2.05) is 19.1 Å². The van der Waals surface area contributed by atoms with Crippen molar-refractivity contribution in [2.45, 2.75) is 13.8 Å². The maximum absolute atomic E-state index is 13.7. The zero-order valence-electron chi connectivity index (χ0n) is 14.2. The number of halogens is 2. The molecule has 0 aliphatic heterocycles. The molecule has 26 heavy (non-hydrogen) atoms. The van der Waals surface area contributed by atoms with Crippen LogP contribution in [0.3, 0.4) is 0 Å². The number of benzene rings is 2. The summed E-state index contributed by atoms with van der Waals surface area (Å²) in [4.78, 5) is 20.8.